The largest absolute Gasteiger partial charge is 0.504 e. The van der Waals surface area contributed by atoms with E-state index in [-0.39, 0.29) is 36.4 Å². The molecule has 0 saturated carbocycles. The van der Waals surface area contributed by atoms with E-state index in [1.54, 1.807) is 30.3 Å². The van der Waals surface area contributed by atoms with Crippen LogP contribution in [0.15, 0.2) is 97.1 Å². The van der Waals surface area contributed by atoms with Gasteiger partial charge < -0.3 is 33.5 Å². The van der Waals surface area contributed by atoms with Crippen molar-refractivity contribution in [3.63, 3.8) is 0 Å². The summed E-state index contributed by atoms with van der Waals surface area (Å²) in [4.78, 5) is 24.2. The fourth-order valence-corrected chi connectivity index (χ4v) is 3.78. The molecule has 1 saturated heterocycles. The number of rotatable bonds is 11. The molecule has 0 aliphatic carbocycles. The van der Waals surface area contributed by atoms with Crippen LogP contribution in [0.5, 0.6) is 23.0 Å². The molecule has 1 fully saturated rings. The number of para-hydroxylation sites is 2. The normalized spacial score (nSPS) is 13.1. The van der Waals surface area contributed by atoms with E-state index in [0.717, 1.165) is 11.1 Å². The molecule has 5 rings (SSSR count). The van der Waals surface area contributed by atoms with Crippen molar-refractivity contribution in [3.05, 3.63) is 119 Å². The first-order chi connectivity index (χ1) is 20.5. The number of phenolic OH excluding ortho intramolecular Hbond substituents is 1. The van der Waals surface area contributed by atoms with Crippen molar-refractivity contribution in [2.45, 2.75) is 19.3 Å². The number of esters is 2. The molecule has 42 heavy (non-hydrogen) atoms. The molecule has 0 bridgehead atoms. The second kappa shape index (κ2) is 15.1. The van der Waals surface area contributed by atoms with Gasteiger partial charge in [0.1, 0.15) is 37.1 Å². The summed E-state index contributed by atoms with van der Waals surface area (Å²) in [5.41, 5.74) is 2.26. The van der Waals surface area contributed by atoms with E-state index in [4.69, 9.17) is 28.4 Å². The van der Waals surface area contributed by atoms with Gasteiger partial charge in [0.15, 0.2) is 23.0 Å². The molecule has 1 aliphatic heterocycles. The maximum atomic E-state index is 12.4. The van der Waals surface area contributed by atoms with Gasteiger partial charge in [-0.25, -0.2) is 9.59 Å². The zero-order valence-electron chi connectivity index (χ0n) is 23.4. The van der Waals surface area contributed by atoms with E-state index in [2.05, 4.69) is 0 Å². The van der Waals surface area contributed by atoms with Crippen LogP contribution in [0.4, 0.5) is 0 Å². The number of carbonyl (C=O) groups excluding carboxylic acids is 2. The smallest absolute Gasteiger partial charge is 0.342 e. The predicted molar refractivity (Wildman–Crippen MR) is 154 cm³/mol. The third-order valence-corrected chi connectivity index (χ3v) is 6.10. The zero-order valence-corrected chi connectivity index (χ0v) is 23.4. The average molecular weight is 573 g/mol. The lowest BCUT2D eigenvalue weighted by Gasteiger charge is -2.14. The minimum absolute atomic E-state index is 0.0908. The minimum Gasteiger partial charge on any atom is -0.504 e. The second-order valence-corrected chi connectivity index (χ2v) is 9.08. The van der Waals surface area contributed by atoms with Gasteiger partial charge in [0.2, 0.25) is 0 Å². The first kappa shape index (κ1) is 30.0. The van der Waals surface area contributed by atoms with Crippen LogP contribution in [0.1, 0.15) is 31.8 Å². The Labute approximate surface area is 244 Å². The van der Waals surface area contributed by atoms with Gasteiger partial charge in [0, 0.05) is 0 Å². The number of ether oxygens (including phenoxy) is 6. The van der Waals surface area contributed by atoms with Gasteiger partial charge in [-0.2, -0.15) is 0 Å². The first-order valence-corrected chi connectivity index (χ1v) is 13.2. The van der Waals surface area contributed by atoms with Gasteiger partial charge in [0.05, 0.1) is 20.8 Å². The van der Waals surface area contributed by atoms with Crippen LogP contribution in [-0.2, 0) is 27.4 Å². The van der Waals surface area contributed by atoms with Crippen LogP contribution in [-0.4, -0.2) is 50.6 Å². The fraction of sp³-hybridized carbons (Fsp3) is 0.212. The van der Waals surface area contributed by atoms with Crippen molar-refractivity contribution in [1.29, 1.82) is 0 Å². The standard InChI is InChI=1S/C18H18O5.C15H14O4/c1-20-16-9-5-8-15(17(16)22-12-14-11-21-14)18(19)23-10-13-6-3-2-4-7-13;1-18-13-9-5-8-12(14(13)16)15(17)19-10-11-6-3-2-4-7-11/h2-9,14H,10-12H2,1H3;2-9,16H,10H2,1H3. The van der Waals surface area contributed by atoms with Crippen LogP contribution in [0.3, 0.4) is 0 Å². The maximum absolute atomic E-state index is 12.4. The van der Waals surface area contributed by atoms with E-state index in [1.165, 1.54) is 20.3 Å². The Bertz CT molecular complexity index is 1450. The van der Waals surface area contributed by atoms with E-state index in [0.29, 0.717) is 30.3 Å². The summed E-state index contributed by atoms with van der Waals surface area (Å²) in [5.74, 6) is -0.0969. The summed E-state index contributed by atoms with van der Waals surface area (Å²) in [6.45, 7) is 1.45. The van der Waals surface area contributed by atoms with Crippen molar-refractivity contribution >= 4 is 11.9 Å². The van der Waals surface area contributed by atoms with Crippen molar-refractivity contribution in [1.82, 2.24) is 0 Å². The lowest BCUT2D eigenvalue weighted by atomic mass is 10.2. The zero-order chi connectivity index (χ0) is 29.7. The van der Waals surface area contributed by atoms with Crippen LogP contribution < -0.4 is 14.2 Å². The molecule has 4 aromatic carbocycles. The molecule has 0 aromatic heterocycles. The SMILES string of the molecule is COc1cccc(C(=O)OCc2ccccc2)c1O.COc1cccc(C(=O)OCc2ccccc2)c1OCC1CO1. The third kappa shape index (κ3) is 8.49. The fourth-order valence-electron chi connectivity index (χ4n) is 3.78. The molecule has 1 unspecified atom stereocenters. The maximum Gasteiger partial charge on any atom is 0.342 e. The number of epoxide rings is 1. The topological polar surface area (TPSA) is 113 Å². The Hall–Kier alpha value is -5.02. The molecule has 0 spiro atoms. The van der Waals surface area contributed by atoms with Gasteiger partial charge in [-0.1, -0.05) is 72.8 Å². The minimum atomic E-state index is -0.583. The number of methoxy groups -OCH3 is 2. The molecule has 218 valence electrons. The summed E-state index contributed by atoms with van der Waals surface area (Å²) in [6, 6.07) is 28.7. The highest BCUT2D eigenvalue weighted by molar-refractivity contribution is 5.94. The number of hydrogen-bond donors (Lipinski definition) is 1. The number of aromatic hydroxyl groups is 1. The van der Waals surface area contributed by atoms with Crippen molar-refractivity contribution < 1.29 is 43.1 Å². The van der Waals surface area contributed by atoms with Crippen LogP contribution in [0.25, 0.3) is 0 Å². The summed E-state index contributed by atoms with van der Waals surface area (Å²) in [7, 11) is 2.96. The van der Waals surface area contributed by atoms with Gasteiger partial charge in [-0.05, 0) is 35.4 Å². The van der Waals surface area contributed by atoms with Gasteiger partial charge >= 0.3 is 11.9 Å². The van der Waals surface area contributed by atoms with Crippen molar-refractivity contribution in [2.75, 3.05) is 27.4 Å². The lowest BCUT2D eigenvalue weighted by Crippen LogP contribution is -2.12. The van der Waals surface area contributed by atoms with Crippen LogP contribution >= 0.6 is 0 Å². The van der Waals surface area contributed by atoms with E-state index in [1.807, 2.05) is 60.7 Å². The Kier molecular flexibility index (Phi) is 10.8. The number of benzene rings is 4. The molecule has 9 nitrogen and oxygen atoms in total. The Morgan fingerprint density at radius 2 is 1.21 bits per heavy atom. The quantitative estimate of drug-likeness (QED) is 0.182. The second-order valence-electron chi connectivity index (χ2n) is 9.08. The number of hydrogen-bond acceptors (Lipinski definition) is 9. The molecular formula is C33H32O9. The molecular weight excluding hydrogens is 540 g/mol. The monoisotopic (exact) mass is 572 g/mol. The molecule has 1 atom stereocenters. The van der Waals surface area contributed by atoms with E-state index >= 15 is 0 Å². The molecule has 1 heterocycles. The highest BCUT2D eigenvalue weighted by atomic mass is 16.6. The third-order valence-electron chi connectivity index (χ3n) is 6.10. The number of carbonyl (C=O) groups is 2. The predicted octanol–water partition coefficient (Wildman–Crippen LogP) is 5.59. The highest BCUT2D eigenvalue weighted by Gasteiger charge is 2.26. The Morgan fingerprint density at radius 3 is 1.74 bits per heavy atom. The summed E-state index contributed by atoms with van der Waals surface area (Å²) in [5, 5.41) is 9.83. The molecule has 0 amide bonds. The van der Waals surface area contributed by atoms with Crippen LogP contribution in [0, 0.1) is 0 Å². The van der Waals surface area contributed by atoms with Crippen molar-refractivity contribution in [2.24, 2.45) is 0 Å². The van der Waals surface area contributed by atoms with Crippen molar-refractivity contribution in [3.8, 4) is 23.0 Å². The Morgan fingerprint density at radius 1 is 0.714 bits per heavy atom. The summed E-state index contributed by atoms with van der Waals surface area (Å²) >= 11 is 0. The first-order valence-electron chi connectivity index (χ1n) is 13.2. The lowest BCUT2D eigenvalue weighted by molar-refractivity contribution is 0.0458. The van der Waals surface area contributed by atoms with E-state index < -0.39 is 11.9 Å². The summed E-state index contributed by atoms with van der Waals surface area (Å²) < 4.78 is 31.6. The Balaban J connectivity index is 0.000000197. The molecule has 1 N–H and O–H groups in total. The average Bonchev–Trinajstić information content (AvgIpc) is 3.87. The molecule has 9 heteroatoms. The van der Waals surface area contributed by atoms with Crippen LogP contribution in [0.2, 0.25) is 0 Å². The molecule has 1 aliphatic rings. The van der Waals surface area contributed by atoms with Gasteiger partial charge in [0.25, 0.3) is 0 Å². The molecule has 4 aromatic rings. The highest BCUT2D eigenvalue weighted by Crippen LogP contribution is 2.33. The van der Waals surface area contributed by atoms with E-state index in [9.17, 15) is 14.7 Å². The molecule has 0 radical (unpaired) electrons. The summed E-state index contributed by atoms with van der Waals surface area (Å²) in [6.07, 6.45) is 0.0908. The van der Waals surface area contributed by atoms with Gasteiger partial charge in [-0.3, -0.25) is 0 Å². The number of phenols is 1. The van der Waals surface area contributed by atoms with Gasteiger partial charge in [-0.15, -0.1) is 0 Å².